The van der Waals surface area contributed by atoms with E-state index >= 15 is 0 Å². The number of nitrogens with zero attached hydrogens (tertiary/aromatic N) is 3. The van der Waals surface area contributed by atoms with Crippen molar-refractivity contribution in [3.05, 3.63) is 142 Å². The van der Waals surface area contributed by atoms with Gasteiger partial charge >= 0.3 is 0 Å². The number of para-hydroxylation sites is 1. The number of thioether (sulfide) groups is 1. The molecule has 2 N–H and O–H groups in total. The van der Waals surface area contributed by atoms with Gasteiger partial charge in [-0.25, -0.2) is 4.68 Å². The number of rotatable bonds is 9. The minimum absolute atomic E-state index is 0.216. The first kappa shape index (κ1) is 28.6. The van der Waals surface area contributed by atoms with E-state index in [1.165, 1.54) is 11.8 Å². The monoisotopic (exact) mass is 607 g/mol. The van der Waals surface area contributed by atoms with Crippen LogP contribution in [0.15, 0.2) is 120 Å². The van der Waals surface area contributed by atoms with Crippen LogP contribution in [0.25, 0.3) is 0 Å². The third-order valence-corrected chi connectivity index (χ3v) is 8.46. The van der Waals surface area contributed by atoms with Gasteiger partial charge in [-0.1, -0.05) is 102 Å². The number of nitrogens with one attached hydrogen (secondary N) is 2. The molecule has 0 fully saturated rings. The highest BCUT2D eigenvalue weighted by Crippen LogP contribution is 2.38. The van der Waals surface area contributed by atoms with Crippen molar-refractivity contribution in [2.24, 2.45) is 0 Å². The number of aromatic nitrogens is 3. The van der Waals surface area contributed by atoms with E-state index in [0.29, 0.717) is 45.5 Å². The van der Waals surface area contributed by atoms with Crippen LogP contribution in [0.1, 0.15) is 35.2 Å². The quantitative estimate of drug-likeness (QED) is 0.165. The van der Waals surface area contributed by atoms with E-state index in [-0.39, 0.29) is 5.91 Å². The van der Waals surface area contributed by atoms with Gasteiger partial charge in [0.05, 0.1) is 5.57 Å². The van der Waals surface area contributed by atoms with E-state index in [1.54, 1.807) is 4.68 Å². The van der Waals surface area contributed by atoms with Crippen molar-refractivity contribution in [1.29, 1.82) is 0 Å². The number of aryl methyl sites for hydroxylation is 1. The predicted octanol–water partition coefficient (Wildman–Crippen LogP) is 8.04. The number of ether oxygens (including phenoxy) is 1. The summed E-state index contributed by atoms with van der Waals surface area (Å²) < 4.78 is 7.94. The van der Waals surface area contributed by atoms with Gasteiger partial charge in [-0.15, -0.1) is 5.10 Å². The smallest absolute Gasteiger partial charge is 0.255 e. The van der Waals surface area contributed by atoms with Crippen LogP contribution in [0.2, 0.25) is 5.02 Å². The van der Waals surface area contributed by atoms with Crippen LogP contribution in [0.4, 0.5) is 11.6 Å². The lowest BCUT2D eigenvalue weighted by molar-refractivity contribution is -0.113. The first-order valence-electron chi connectivity index (χ1n) is 13.9. The van der Waals surface area contributed by atoms with Gasteiger partial charge < -0.3 is 15.4 Å². The fourth-order valence-corrected chi connectivity index (χ4v) is 6.09. The fraction of sp³-hybridized carbons (Fsp3) is 0.147. The Labute approximate surface area is 260 Å². The largest absolute Gasteiger partial charge is 0.489 e. The Morgan fingerprint density at radius 2 is 1.74 bits per heavy atom. The average Bonchev–Trinajstić information content (AvgIpc) is 3.43. The molecule has 2 heterocycles. The van der Waals surface area contributed by atoms with E-state index in [2.05, 4.69) is 10.6 Å². The van der Waals surface area contributed by atoms with E-state index in [4.69, 9.17) is 26.4 Å². The summed E-state index contributed by atoms with van der Waals surface area (Å²) in [6, 6.07) is 32.8. The maximum atomic E-state index is 14.0. The number of benzene rings is 4. The standard InChI is InChI=1S/C34H30ClN5O2S/c1-22-11-6-9-18-29(22)37-32(41)30-23(2)36-33-38-34(43-21-26-14-7-8-17-28(26)35)39-40(33)31(30)25-15-10-16-27(19-25)42-20-24-12-4-3-5-13-24/h3-19,31H,20-21H2,1-2H3,(H,37,41)(H,36,38,39). The molecule has 1 aromatic heterocycles. The SMILES string of the molecule is CC1=C(C(=O)Nc2ccccc2C)C(c2cccc(OCc3ccccc3)c2)n2nc(SCc3ccccc3Cl)nc2N1. The maximum Gasteiger partial charge on any atom is 0.255 e. The highest BCUT2D eigenvalue weighted by molar-refractivity contribution is 7.98. The molecule has 5 aromatic rings. The summed E-state index contributed by atoms with van der Waals surface area (Å²) in [7, 11) is 0. The Bertz CT molecular complexity index is 1800. The molecule has 9 heteroatoms. The first-order valence-corrected chi connectivity index (χ1v) is 15.3. The molecule has 1 unspecified atom stereocenters. The van der Waals surface area contributed by atoms with E-state index in [9.17, 15) is 4.79 Å². The van der Waals surface area contributed by atoms with Crippen molar-refractivity contribution in [1.82, 2.24) is 14.8 Å². The number of anilines is 2. The van der Waals surface area contributed by atoms with Crippen LogP contribution in [0.3, 0.4) is 0 Å². The van der Waals surface area contributed by atoms with Gasteiger partial charge in [0.25, 0.3) is 5.91 Å². The normalized spacial score (nSPS) is 14.2. The molecule has 7 nitrogen and oxygen atoms in total. The van der Waals surface area contributed by atoms with Gasteiger partial charge in [0.15, 0.2) is 0 Å². The molecule has 1 aliphatic heterocycles. The summed E-state index contributed by atoms with van der Waals surface area (Å²) in [6.07, 6.45) is 0. The summed E-state index contributed by atoms with van der Waals surface area (Å²) >= 11 is 7.88. The second-order valence-corrected chi connectivity index (χ2v) is 11.6. The lowest BCUT2D eigenvalue weighted by atomic mass is 9.94. The van der Waals surface area contributed by atoms with Crippen molar-refractivity contribution in [2.45, 2.75) is 37.4 Å². The summed E-state index contributed by atoms with van der Waals surface area (Å²) in [5, 5.41) is 12.6. The fourth-order valence-electron chi connectivity index (χ4n) is 4.97. The zero-order valence-corrected chi connectivity index (χ0v) is 25.3. The molecule has 0 radical (unpaired) electrons. The summed E-state index contributed by atoms with van der Waals surface area (Å²) in [6.45, 7) is 4.30. The molecule has 4 aromatic carbocycles. The minimum Gasteiger partial charge on any atom is -0.489 e. The molecule has 6 rings (SSSR count). The second-order valence-electron chi connectivity index (χ2n) is 10.2. The zero-order chi connectivity index (χ0) is 29.8. The minimum atomic E-state index is -0.539. The Kier molecular flexibility index (Phi) is 8.49. The molecular formula is C34H30ClN5O2S. The van der Waals surface area contributed by atoms with Crippen LogP contribution in [0, 0.1) is 6.92 Å². The molecule has 1 aliphatic rings. The average molecular weight is 608 g/mol. The molecule has 1 atom stereocenters. The van der Waals surface area contributed by atoms with Crippen LogP contribution in [0.5, 0.6) is 5.75 Å². The van der Waals surface area contributed by atoms with Crippen molar-refractivity contribution in [2.75, 3.05) is 10.6 Å². The highest BCUT2D eigenvalue weighted by atomic mass is 35.5. The first-order chi connectivity index (χ1) is 21.0. The second kappa shape index (κ2) is 12.8. The molecule has 216 valence electrons. The number of halogens is 1. The number of amides is 1. The third-order valence-electron chi connectivity index (χ3n) is 7.21. The number of carbonyl (C=O) groups excluding carboxylic acids is 1. The molecular weight excluding hydrogens is 578 g/mol. The lowest BCUT2D eigenvalue weighted by Crippen LogP contribution is -2.31. The van der Waals surface area contributed by atoms with Crippen LogP contribution in [-0.2, 0) is 17.2 Å². The lowest BCUT2D eigenvalue weighted by Gasteiger charge is -2.29. The number of hydrogen-bond acceptors (Lipinski definition) is 6. The van der Waals surface area contributed by atoms with Gasteiger partial charge in [0.1, 0.15) is 18.4 Å². The van der Waals surface area contributed by atoms with Crippen molar-refractivity contribution >= 4 is 40.9 Å². The maximum absolute atomic E-state index is 14.0. The Morgan fingerprint density at radius 1 is 0.977 bits per heavy atom. The van der Waals surface area contributed by atoms with Crippen LogP contribution < -0.4 is 15.4 Å². The van der Waals surface area contributed by atoms with Crippen LogP contribution >= 0.6 is 23.4 Å². The van der Waals surface area contributed by atoms with E-state index in [0.717, 1.165) is 27.9 Å². The molecule has 0 bridgehead atoms. The number of hydrogen-bond donors (Lipinski definition) is 2. The molecule has 0 spiro atoms. The Morgan fingerprint density at radius 3 is 2.56 bits per heavy atom. The number of carbonyl (C=O) groups is 1. The van der Waals surface area contributed by atoms with Crippen molar-refractivity contribution < 1.29 is 9.53 Å². The summed E-state index contributed by atoms with van der Waals surface area (Å²) in [5.41, 5.74) is 5.91. The van der Waals surface area contributed by atoms with Crippen molar-refractivity contribution in [3.63, 3.8) is 0 Å². The van der Waals surface area contributed by atoms with E-state index in [1.807, 2.05) is 117 Å². The number of allylic oxidation sites excluding steroid dienone is 1. The molecule has 43 heavy (non-hydrogen) atoms. The topological polar surface area (TPSA) is 81.1 Å². The van der Waals surface area contributed by atoms with Gasteiger partial charge in [-0.2, -0.15) is 4.98 Å². The molecule has 0 aliphatic carbocycles. The van der Waals surface area contributed by atoms with Gasteiger partial charge in [-0.05, 0) is 60.4 Å². The highest BCUT2D eigenvalue weighted by Gasteiger charge is 2.35. The Balaban J connectivity index is 1.34. The Hall–Kier alpha value is -4.53. The van der Waals surface area contributed by atoms with Gasteiger partial charge in [-0.3, -0.25) is 4.79 Å². The zero-order valence-electron chi connectivity index (χ0n) is 23.8. The van der Waals surface area contributed by atoms with Crippen LogP contribution in [-0.4, -0.2) is 20.7 Å². The number of fused-ring (bicyclic) bond motifs is 1. The molecule has 0 saturated carbocycles. The summed E-state index contributed by atoms with van der Waals surface area (Å²) in [4.78, 5) is 18.7. The van der Waals surface area contributed by atoms with Gasteiger partial charge in [0, 0.05) is 22.2 Å². The molecule has 0 saturated heterocycles. The summed E-state index contributed by atoms with van der Waals surface area (Å²) in [5.74, 6) is 1.66. The van der Waals surface area contributed by atoms with Gasteiger partial charge in [0.2, 0.25) is 11.1 Å². The van der Waals surface area contributed by atoms with E-state index < -0.39 is 6.04 Å². The predicted molar refractivity (Wildman–Crippen MR) is 173 cm³/mol. The van der Waals surface area contributed by atoms with Crippen molar-refractivity contribution in [3.8, 4) is 5.75 Å². The third kappa shape index (κ3) is 6.45. The molecule has 1 amide bonds.